The average molecular weight is 329 g/mol. The van der Waals surface area contributed by atoms with Crippen molar-refractivity contribution in [2.75, 3.05) is 31.1 Å². The first kappa shape index (κ1) is 14.0. The van der Waals surface area contributed by atoms with Gasteiger partial charge >= 0.3 is 0 Å². The summed E-state index contributed by atoms with van der Waals surface area (Å²) in [6.07, 6.45) is 1.78. The summed E-state index contributed by atoms with van der Waals surface area (Å²) in [7, 11) is -3.33. The van der Waals surface area contributed by atoms with Crippen molar-refractivity contribution in [1.82, 2.24) is 9.29 Å². The van der Waals surface area contributed by atoms with Crippen LogP contribution in [0.1, 0.15) is 4.88 Å². The maximum absolute atomic E-state index is 12.5. The number of nitrogens with zero attached hydrogens (tertiary/aromatic N) is 3. The molecule has 5 nitrogen and oxygen atoms in total. The van der Waals surface area contributed by atoms with E-state index in [9.17, 15) is 8.42 Å². The number of sulfonamides is 1. The molecular weight excluding hydrogens is 314 g/mol. The third kappa shape index (κ3) is 2.60. The minimum absolute atomic E-state index is 0.442. The molecule has 3 heterocycles. The highest BCUT2D eigenvalue weighted by Gasteiger charge is 2.30. The lowest BCUT2D eigenvalue weighted by Crippen LogP contribution is -2.48. The molecule has 1 aliphatic heterocycles. The van der Waals surface area contributed by atoms with Gasteiger partial charge in [-0.25, -0.2) is 13.4 Å². The molecule has 3 rings (SSSR count). The summed E-state index contributed by atoms with van der Waals surface area (Å²) in [5, 5.41) is 2.90. The summed E-state index contributed by atoms with van der Waals surface area (Å²) in [5.41, 5.74) is 0. The minimum Gasteiger partial charge on any atom is -0.345 e. The van der Waals surface area contributed by atoms with E-state index >= 15 is 0 Å². The molecule has 1 fully saturated rings. The van der Waals surface area contributed by atoms with E-state index in [4.69, 9.17) is 0 Å². The van der Waals surface area contributed by atoms with E-state index < -0.39 is 10.0 Å². The van der Waals surface area contributed by atoms with E-state index in [1.807, 2.05) is 18.4 Å². The van der Waals surface area contributed by atoms with Crippen LogP contribution >= 0.6 is 22.7 Å². The van der Waals surface area contributed by atoms with E-state index in [2.05, 4.69) is 9.88 Å². The number of aryl methyl sites for hydroxylation is 1. The fourth-order valence-electron chi connectivity index (χ4n) is 2.17. The van der Waals surface area contributed by atoms with Crippen molar-refractivity contribution in [2.24, 2.45) is 0 Å². The van der Waals surface area contributed by atoms with Crippen molar-refractivity contribution in [1.29, 1.82) is 0 Å². The number of hydrogen-bond donors (Lipinski definition) is 0. The van der Waals surface area contributed by atoms with Gasteiger partial charge in [-0.15, -0.1) is 22.7 Å². The van der Waals surface area contributed by atoms with Crippen LogP contribution in [0.3, 0.4) is 0 Å². The van der Waals surface area contributed by atoms with Gasteiger partial charge in [0.05, 0.1) is 0 Å². The molecule has 1 saturated heterocycles. The van der Waals surface area contributed by atoms with Gasteiger partial charge < -0.3 is 4.90 Å². The Morgan fingerprint density at radius 2 is 1.95 bits per heavy atom. The van der Waals surface area contributed by atoms with E-state index in [0.29, 0.717) is 30.4 Å². The lowest BCUT2D eigenvalue weighted by atomic mass is 10.4. The molecule has 0 aromatic carbocycles. The minimum atomic E-state index is -3.33. The molecule has 0 radical (unpaired) electrons. The van der Waals surface area contributed by atoms with E-state index in [-0.39, 0.29) is 0 Å². The standard InChI is InChI=1S/C12H15N3O2S3/c1-10-2-3-11(19-10)20(16,17)15-7-5-14(6-8-15)12-13-4-9-18-12/h2-4,9H,5-8H2,1H3. The Hall–Kier alpha value is -0.960. The molecule has 2 aromatic rings. The number of aromatic nitrogens is 1. The van der Waals surface area contributed by atoms with Crippen LogP contribution < -0.4 is 4.90 Å². The summed E-state index contributed by atoms with van der Waals surface area (Å²) in [6, 6.07) is 3.55. The fourth-order valence-corrected chi connectivity index (χ4v) is 5.73. The second kappa shape index (κ2) is 5.44. The predicted molar refractivity (Wildman–Crippen MR) is 82.1 cm³/mol. The summed E-state index contributed by atoms with van der Waals surface area (Å²) >= 11 is 2.92. The van der Waals surface area contributed by atoms with Crippen molar-refractivity contribution in [3.05, 3.63) is 28.6 Å². The van der Waals surface area contributed by atoms with Crippen LogP contribution in [-0.2, 0) is 10.0 Å². The monoisotopic (exact) mass is 329 g/mol. The first-order valence-electron chi connectivity index (χ1n) is 6.28. The molecule has 2 aromatic heterocycles. The zero-order valence-corrected chi connectivity index (χ0v) is 13.5. The smallest absolute Gasteiger partial charge is 0.252 e. The zero-order chi connectivity index (χ0) is 14.2. The van der Waals surface area contributed by atoms with Gasteiger partial charge in [0.2, 0.25) is 0 Å². The molecule has 0 spiro atoms. The number of piperazine rings is 1. The highest BCUT2D eigenvalue weighted by Crippen LogP contribution is 2.26. The van der Waals surface area contributed by atoms with Gasteiger partial charge in [0.1, 0.15) is 4.21 Å². The molecule has 1 aliphatic rings. The number of thiophene rings is 1. The van der Waals surface area contributed by atoms with Crippen LogP contribution in [0.5, 0.6) is 0 Å². The van der Waals surface area contributed by atoms with Gasteiger partial charge in [0.25, 0.3) is 10.0 Å². The Kier molecular flexibility index (Phi) is 3.80. The molecular formula is C12H15N3O2S3. The second-order valence-corrected chi connectivity index (χ2v) is 8.90. The van der Waals surface area contributed by atoms with Crippen LogP contribution in [0.25, 0.3) is 0 Å². The summed E-state index contributed by atoms with van der Waals surface area (Å²) < 4.78 is 27.0. The SMILES string of the molecule is Cc1ccc(S(=O)(=O)N2CCN(c3nccs3)CC2)s1. The fraction of sp³-hybridized carbons (Fsp3) is 0.417. The third-order valence-corrected chi connectivity index (χ3v) is 7.44. The largest absolute Gasteiger partial charge is 0.345 e. The maximum atomic E-state index is 12.5. The first-order chi connectivity index (χ1) is 9.57. The molecule has 0 aliphatic carbocycles. The van der Waals surface area contributed by atoms with Crippen molar-refractivity contribution < 1.29 is 8.42 Å². The maximum Gasteiger partial charge on any atom is 0.252 e. The van der Waals surface area contributed by atoms with Gasteiger partial charge in [0, 0.05) is 42.6 Å². The normalized spacial score (nSPS) is 17.6. The van der Waals surface area contributed by atoms with Crippen molar-refractivity contribution in [3.63, 3.8) is 0 Å². The van der Waals surface area contributed by atoms with Crippen molar-refractivity contribution in [3.8, 4) is 0 Å². The molecule has 0 amide bonds. The Morgan fingerprint density at radius 3 is 2.50 bits per heavy atom. The number of thiazole rings is 1. The third-order valence-electron chi connectivity index (χ3n) is 3.24. The van der Waals surface area contributed by atoms with Crippen LogP contribution in [0.15, 0.2) is 27.9 Å². The Bertz CT molecular complexity index is 671. The molecule has 0 atom stereocenters. The molecule has 8 heteroatoms. The highest BCUT2D eigenvalue weighted by atomic mass is 32.2. The lowest BCUT2D eigenvalue weighted by Gasteiger charge is -2.33. The van der Waals surface area contributed by atoms with E-state index in [0.717, 1.165) is 10.0 Å². The van der Waals surface area contributed by atoms with Crippen molar-refractivity contribution >= 4 is 37.8 Å². The number of hydrogen-bond acceptors (Lipinski definition) is 6. The predicted octanol–water partition coefficient (Wildman–Crippen LogP) is 2.02. The number of anilines is 1. The Balaban J connectivity index is 1.72. The van der Waals surface area contributed by atoms with Crippen LogP contribution in [0, 0.1) is 6.92 Å². The Morgan fingerprint density at radius 1 is 1.20 bits per heavy atom. The highest BCUT2D eigenvalue weighted by molar-refractivity contribution is 7.91. The topological polar surface area (TPSA) is 53.5 Å². The van der Waals surface area contributed by atoms with Gasteiger partial charge in [-0.05, 0) is 19.1 Å². The van der Waals surface area contributed by atoms with Gasteiger partial charge in [0.15, 0.2) is 5.13 Å². The molecule has 0 unspecified atom stereocenters. The molecule has 0 saturated carbocycles. The van der Waals surface area contributed by atoms with E-state index in [1.54, 1.807) is 27.9 Å². The van der Waals surface area contributed by atoms with E-state index in [1.165, 1.54) is 11.3 Å². The molecule has 20 heavy (non-hydrogen) atoms. The van der Waals surface area contributed by atoms with Crippen LogP contribution in [0.2, 0.25) is 0 Å². The quantitative estimate of drug-likeness (QED) is 0.864. The van der Waals surface area contributed by atoms with Crippen molar-refractivity contribution in [2.45, 2.75) is 11.1 Å². The number of rotatable bonds is 3. The summed E-state index contributed by atoms with van der Waals surface area (Å²) in [4.78, 5) is 7.42. The average Bonchev–Trinajstić information content (AvgIpc) is 3.10. The summed E-state index contributed by atoms with van der Waals surface area (Å²) in [5.74, 6) is 0. The van der Waals surface area contributed by atoms with Gasteiger partial charge in [-0.2, -0.15) is 4.31 Å². The molecule has 0 bridgehead atoms. The second-order valence-electron chi connectivity index (χ2n) is 4.57. The molecule has 108 valence electrons. The van der Waals surface area contributed by atoms with Crippen LogP contribution in [-0.4, -0.2) is 43.9 Å². The Labute approximate surface area is 126 Å². The first-order valence-corrected chi connectivity index (χ1v) is 9.42. The zero-order valence-electron chi connectivity index (χ0n) is 11.0. The lowest BCUT2D eigenvalue weighted by molar-refractivity contribution is 0.385. The van der Waals surface area contributed by atoms with Gasteiger partial charge in [-0.1, -0.05) is 0 Å². The summed E-state index contributed by atoms with van der Waals surface area (Å²) in [6.45, 7) is 4.33. The van der Waals surface area contributed by atoms with Crippen LogP contribution in [0.4, 0.5) is 5.13 Å². The van der Waals surface area contributed by atoms with Gasteiger partial charge in [-0.3, -0.25) is 0 Å². The molecule has 0 N–H and O–H groups in total.